The van der Waals surface area contributed by atoms with Crippen LogP contribution in [-0.2, 0) is 4.79 Å². The zero-order valence-corrected chi connectivity index (χ0v) is 15.8. The summed E-state index contributed by atoms with van der Waals surface area (Å²) in [6, 6.07) is 11.8. The number of fused-ring (bicyclic) bond motifs is 1. The predicted molar refractivity (Wildman–Crippen MR) is 112 cm³/mol. The standard InChI is InChI=1S/C23H25N3O2/c24-22(27)20-5-1-2-7-21(20)26-23(28)17-8-9-19-16(14-17)4-3-6-18(19)15-10-12-25-13-11-15/h1-4,6,8-10,14,20-21,25H,5,7,11-13H2,(H2,24,27)(H,26,28)/t20-,21-/m1/s1. The minimum Gasteiger partial charge on any atom is -0.369 e. The van der Waals surface area contributed by atoms with Crippen LogP contribution >= 0.6 is 0 Å². The molecule has 2 aliphatic rings. The molecule has 0 saturated carbocycles. The highest BCUT2D eigenvalue weighted by atomic mass is 16.2. The molecule has 0 aromatic heterocycles. The number of rotatable bonds is 4. The molecule has 0 spiro atoms. The lowest BCUT2D eigenvalue weighted by Gasteiger charge is -2.27. The fourth-order valence-electron chi connectivity index (χ4n) is 4.11. The molecule has 28 heavy (non-hydrogen) atoms. The second kappa shape index (κ2) is 7.98. The maximum absolute atomic E-state index is 12.8. The van der Waals surface area contributed by atoms with Crippen molar-refractivity contribution in [2.75, 3.05) is 13.1 Å². The van der Waals surface area contributed by atoms with Crippen LogP contribution in [0.5, 0.6) is 0 Å². The third-order valence-corrected chi connectivity index (χ3v) is 5.67. The quantitative estimate of drug-likeness (QED) is 0.719. The van der Waals surface area contributed by atoms with E-state index in [2.05, 4.69) is 22.8 Å². The molecule has 2 amide bonds. The maximum atomic E-state index is 12.8. The van der Waals surface area contributed by atoms with E-state index in [1.807, 2.05) is 42.5 Å². The molecule has 1 aliphatic heterocycles. The van der Waals surface area contributed by atoms with Crippen molar-refractivity contribution in [1.82, 2.24) is 10.6 Å². The van der Waals surface area contributed by atoms with Gasteiger partial charge in [-0.2, -0.15) is 0 Å². The lowest BCUT2D eigenvalue weighted by Crippen LogP contribution is -2.46. The molecule has 0 radical (unpaired) electrons. The van der Waals surface area contributed by atoms with Gasteiger partial charge in [-0.05, 0) is 59.8 Å². The number of nitrogens with two attached hydrogens (primary N) is 1. The zero-order chi connectivity index (χ0) is 19.5. The first-order chi connectivity index (χ1) is 13.6. The highest BCUT2D eigenvalue weighted by Crippen LogP contribution is 2.29. The van der Waals surface area contributed by atoms with Gasteiger partial charge in [-0.25, -0.2) is 0 Å². The van der Waals surface area contributed by atoms with E-state index in [9.17, 15) is 9.59 Å². The fourth-order valence-corrected chi connectivity index (χ4v) is 4.11. The molecule has 2 atom stereocenters. The lowest BCUT2D eigenvalue weighted by atomic mass is 9.88. The van der Waals surface area contributed by atoms with Crippen LogP contribution in [0.25, 0.3) is 16.3 Å². The van der Waals surface area contributed by atoms with Crippen LogP contribution in [0.4, 0.5) is 0 Å². The van der Waals surface area contributed by atoms with Crippen molar-refractivity contribution in [3.8, 4) is 0 Å². The van der Waals surface area contributed by atoms with Crippen molar-refractivity contribution in [2.45, 2.75) is 25.3 Å². The van der Waals surface area contributed by atoms with Crippen LogP contribution in [-0.4, -0.2) is 30.9 Å². The maximum Gasteiger partial charge on any atom is 0.251 e. The summed E-state index contributed by atoms with van der Waals surface area (Å²) in [7, 11) is 0. The predicted octanol–water partition coefficient (Wildman–Crippen LogP) is 2.77. The van der Waals surface area contributed by atoms with E-state index in [4.69, 9.17) is 5.73 Å². The van der Waals surface area contributed by atoms with Crippen LogP contribution in [0.3, 0.4) is 0 Å². The van der Waals surface area contributed by atoms with Crippen LogP contribution in [0.2, 0.25) is 0 Å². The molecule has 4 N–H and O–H groups in total. The Morgan fingerprint density at radius 2 is 1.96 bits per heavy atom. The third-order valence-electron chi connectivity index (χ3n) is 5.67. The van der Waals surface area contributed by atoms with Gasteiger partial charge in [0.05, 0.1) is 5.92 Å². The van der Waals surface area contributed by atoms with Crippen molar-refractivity contribution >= 4 is 28.2 Å². The topological polar surface area (TPSA) is 84.2 Å². The van der Waals surface area contributed by atoms with Gasteiger partial charge in [0.25, 0.3) is 5.91 Å². The SMILES string of the molecule is NC(=O)[C@@H]1CC=CC[C@H]1NC(=O)c1ccc2c(C3=CCNCC3)cccc2c1. The molecule has 5 heteroatoms. The molecule has 0 unspecified atom stereocenters. The largest absolute Gasteiger partial charge is 0.369 e. The Balaban J connectivity index is 1.59. The molecule has 2 aromatic rings. The van der Waals surface area contributed by atoms with Gasteiger partial charge >= 0.3 is 0 Å². The number of hydrogen-bond acceptors (Lipinski definition) is 3. The lowest BCUT2D eigenvalue weighted by molar-refractivity contribution is -0.122. The van der Waals surface area contributed by atoms with E-state index in [0.717, 1.165) is 30.3 Å². The van der Waals surface area contributed by atoms with Gasteiger partial charge in [0, 0.05) is 18.2 Å². The van der Waals surface area contributed by atoms with Crippen molar-refractivity contribution in [3.63, 3.8) is 0 Å². The van der Waals surface area contributed by atoms with Crippen molar-refractivity contribution in [1.29, 1.82) is 0 Å². The zero-order valence-electron chi connectivity index (χ0n) is 15.8. The summed E-state index contributed by atoms with van der Waals surface area (Å²) in [6.07, 6.45) is 8.38. The smallest absolute Gasteiger partial charge is 0.251 e. The normalized spacial score (nSPS) is 21.9. The summed E-state index contributed by atoms with van der Waals surface area (Å²) in [5, 5.41) is 8.54. The first kappa shape index (κ1) is 18.4. The number of hydrogen-bond donors (Lipinski definition) is 3. The number of benzene rings is 2. The number of primary amides is 1. The van der Waals surface area contributed by atoms with Crippen LogP contribution in [0, 0.1) is 5.92 Å². The fraction of sp³-hybridized carbons (Fsp3) is 0.304. The van der Waals surface area contributed by atoms with E-state index in [-0.39, 0.29) is 23.8 Å². The molecule has 1 aliphatic carbocycles. The van der Waals surface area contributed by atoms with Gasteiger partial charge in [0.2, 0.25) is 5.91 Å². The monoisotopic (exact) mass is 375 g/mol. The van der Waals surface area contributed by atoms with Crippen molar-refractivity contribution in [3.05, 3.63) is 65.8 Å². The van der Waals surface area contributed by atoms with E-state index < -0.39 is 0 Å². The molecular formula is C23H25N3O2. The molecule has 4 rings (SSSR count). The Kier molecular flexibility index (Phi) is 5.26. The molecule has 5 nitrogen and oxygen atoms in total. The molecular weight excluding hydrogens is 350 g/mol. The Hall–Kier alpha value is -2.92. The summed E-state index contributed by atoms with van der Waals surface area (Å²) in [6.45, 7) is 1.88. The van der Waals surface area contributed by atoms with Gasteiger partial charge in [-0.1, -0.05) is 42.5 Å². The molecule has 0 saturated heterocycles. The summed E-state index contributed by atoms with van der Waals surface area (Å²) in [5.74, 6) is -0.888. The van der Waals surface area contributed by atoms with Crippen LogP contribution in [0.1, 0.15) is 35.2 Å². The minimum absolute atomic E-state index is 0.167. The Labute approximate surface area is 164 Å². The Bertz CT molecular complexity index is 977. The first-order valence-corrected chi connectivity index (χ1v) is 9.81. The number of carbonyl (C=O) groups excluding carboxylic acids is 2. The second-order valence-electron chi connectivity index (χ2n) is 7.46. The third kappa shape index (κ3) is 3.71. The number of amides is 2. The van der Waals surface area contributed by atoms with Gasteiger partial charge < -0.3 is 16.4 Å². The highest BCUT2D eigenvalue weighted by Gasteiger charge is 2.28. The van der Waals surface area contributed by atoms with E-state index in [1.54, 1.807) is 0 Å². The van der Waals surface area contributed by atoms with E-state index >= 15 is 0 Å². The summed E-state index contributed by atoms with van der Waals surface area (Å²) < 4.78 is 0. The number of carbonyl (C=O) groups is 2. The average Bonchev–Trinajstić information content (AvgIpc) is 2.73. The van der Waals surface area contributed by atoms with Gasteiger partial charge in [0.15, 0.2) is 0 Å². The van der Waals surface area contributed by atoms with Crippen molar-refractivity contribution in [2.24, 2.45) is 11.7 Å². The van der Waals surface area contributed by atoms with E-state index in [0.29, 0.717) is 18.4 Å². The average molecular weight is 375 g/mol. The highest BCUT2D eigenvalue weighted by molar-refractivity contribution is 6.01. The summed E-state index contributed by atoms with van der Waals surface area (Å²) in [5.41, 5.74) is 8.68. The Morgan fingerprint density at radius 3 is 2.75 bits per heavy atom. The molecule has 0 fully saturated rings. The molecule has 144 valence electrons. The molecule has 0 bridgehead atoms. The summed E-state index contributed by atoms with van der Waals surface area (Å²) in [4.78, 5) is 24.5. The number of allylic oxidation sites excluding steroid dienone is 1. The Morgan fingerprint density at radius 1 is 1.11 bits per heavy atom. The van der Waals surface area contributed by atoms with Crippen molar-refractivity contribution < 1.29 is 9.59 Å². The molecule has 1 heterocycles. The van der Waals surface area contributed by atoms with E-state index in [1.165, 1.54) is 11.1 Å². The minimum atomic E-state index is -0.368. The first-order valence-electron chi connectivity index (χ1n) is 9.81. The second-order valence-corrected chi connectivity index (χ2v) is 7.46. The van der Waals surface area contributed by atoms with Gasteiger partial charge in [-0.15, -0.1) is 0 Å². The van der Waals surface area contributed by atoms with Crippen LogP contribution in [0.15, 0.2) is 54.6 Å². The summed E-state index contributed by atoms with van der Waals surface area (Å²) >= 11 is 0. The number of nitrogens with one attached hydrogen (secondary N) is 2. The molecule has 2 aromatic carbocycles. The van der Waals surface area contributed by atoms with Gasteiger partial charge in [-0.3, -0.25) is 9.59 Å². The van der Waals surface area contributed by atoms with Gasteiger partial charge in [0.1, 0.15) is 0 Å². The van der Waals surface area contributed by atoms with Crippen LogP contribution < -0.4 is 16.4 Å².